The van der Waals surface area contributed by atoms with Crippen LogP contribution in [0.5, 0.6) is 11.5 Å². The molecule has 2 aromatic rings. The predicted molar refractivity (Wildman–Crippen MR) is 68.4 cm³/mol. The van der Waals surface area contributed by atoms with E-state index in [1.165, 1.54) is 12.1 Å². The van der Waals surface area contributed by atoms with E-state index in [4.69, 9.17) is 4.42 Å². The smallest absolute Gasteiger partial charge is 0.423 e. The summed E-state index contributed by atoms with van der Waals surface area (Å²) in [5, 5.41) is 10.9. The first-order chi connectivity index (χ1) is 9.97. The van der Waals surface area contributed by atoms with E-state index in [0.29, 0.717) is 23.9 Å². The third-order valence-corrected chi connectivity index (χ3v) is 2.94. The van der Waals surface area contributed by atoms with Crippen molar-refractivity contribution in [3.05, 3.63) is 30.0 Å². The number of aryl methyl sites for hydroxylation is 1. The van der Waals surface area contributed by atoms with E-state index in [2.05, 4.69) is 25.0 Å². The van der Waals surface area contributed by atoms with Gasteiger partial charge in [-0.3, -0.25) is 0 Å². The van der Waals surface area contributed by atoms with Crippen LogP contribution in [0.25, 0.3) is 0 Å². The summed E-state index contributed by atoms with van der Waals surface area (Å²) in [4.78, 5) is 0. The Bertz CT molecular complexity index is 660. The maximum Gasteiger partial charge on any atom is 0.586 e. The molecule has 1 aromatic carbocycles. The Labute approximate surface area is 119 Å². The van der Waals surface area contributed by atoms with Crippen molar-refractivity contribution in [1.29, 1.82) is 0 Å². The summed E-state index contributed by atoms with van der Waals surface area (Å²) in [5.41, 5.74) is 0.582. The number of aromatic nitrogens is 2. The van der Waals surface area contributed by atoms with E-state index in [1.54, 1.807) is 6.07 Å². The average Bonchev–Trinajstić information content (AvgIpc) is 3.00. The van der Waals surface area contributed by atoms with Crippen molar-refractivity contribution < 1.29 is 22.7 Å². The van der Waals surface area contributed by atoms with Gasteiger partial charge < -0.3 is 19.2 Å². The molecule has 6 nitrogen and oxygen atoms in total. The van der Waals surface area contributed by atoms with E-state index in [0.717, 1.165) is 0 Å². The van der Waals surface area contributed by atoms with Crippen LogP contribution in [0.4, 0.5) is 14.5 Å². The van der Waals surface area contributed by atoms with Crippen molar-refractivity contribution in [1.82, 2.24) is 10.2 Å². The molecule has 21 heavy (non-hydrogen) atoms. The summed E-state index contributed by atoms with van der Waals surface area (Å²) < 4.78 is 40.0. The summed E-state index contributed by atoms with van der Waals surface area (Å²) in [6.45, 7) is 3.74. The maximum atomic E-state index is 12.9. The van der Waals surface area contributed by atoms with Crippen LogP contribution in [-0.4, -0.2) is 16.5 Å². The lowest BCUT2D eigenvalue weighted by Crippen LogP contribution is -2.25. The number of anilines is 1. The molecule has 8 heteroatoms. The lowest BCUT2D eigenvalue weighted by Gasteiger charge is -2.11. The second kappa shape index (κ2) is 4.87. The maximum absolute atomic E-state index is 12.9. The number of halogens is 2. The van der Waals surface area contributed by atoms with Gasteiger partial charge in [-0.25, -0.2) is 0 Å². The summed E-state index contributed by atoms with van der Waals surface area (Å²) in [6.07, 6.45) is -2.96. The minimum Gasteiger partial charge on any atom is -0.423 e. The fraction of sp³-hybridized carbons (Fsp3) is 0.385. The Hall–Kier alpha value is -2.38. The van der Waals surface area contributed by atoms with Gasteiger partial charge in [0.05, 0.1) is 0 Å². The standard InChI is InChI=1S/C13H13F2N3O3/c1-3-11-17-18-12(19-11)7(2)16-8-4-5-9-10(6-8)21-13(14,15)20-9/h4-7,16H,3H2,1-2H3/t7-/m1/s1. The summed E-state index contributed by atoms with van der Waals surface area (Å²) in [7, 11) is 0. The van der Waals surface area contributed by atoms with Crippen molar-refractivity contribution in [2.24, 2.45) is 0 Å². The molecule has 0 unspecified atom stereocenters. The molecule has 0 bridgehead atoms. The van der Waals surface area contributed by atoms with Crippen molar-refractivity contribution >= 4 is 5.69 Å². The highest BCUT2D eigenvalue weighted by Crippen LogP contribution is 2.42. The Morgan fingerprint density at radius 1 is 1.24 bits per heavy atom. The molecule has 2 heterocycles. The van der Waals surface area contributed by atoms with Gasteiger partial charge in [0.25, 0.3) is 0 Å². The summed E-state index contributed by atoms with van der Waals surface area (Å²) >= 11 is 0. The first-order valence-corrected chi connectivity index (χ1v) is 6.45. The van der Waals surface area contributed by atoms with E-state index >= 15 is 0 Å². The largest absolute Gasteiger partial charge is 0.586 e. The zero-order valence-electron chi connectivity index (χ0n) is 11.4. The van der Waals surface area contributed by atoms with Crippen molar-refractivity contribution in [2.75, 3.05) is 5.32 Å². The molecule has 0 fully saturated rings. The van der Waals surface area contributed by atoms with Crippen LogP contribution >= 0.6 is 0 Å². The molecule has 0 spiro atoms. The van der Waals surface area contributed by atoms with Crippen molar-refractivity contribution in [2.45, 2.75) is 32.6 Å². The molecule has 0 amide bonds. The van der Waals surface area contributed by atoms with Crippen LogP contribution in [-0.2, 0) is 6.42 Å². The highest BCUT2D eigenvalue weighted by molar-refractivity contribution is 5.56. The number of nitrogens with one attached hydrogen (secondary N) is 1. The van der Waals surface area contributed by atoms with Gasteiger partial charge in [0.15, 0.2) is 11.5 Å². The second-order valence-electron chi connectivity index (χ2n) is 4.58. The van der Waals surface area contributed by atoms with Crippen molar-refractivity contribution in [3.63, 3.8) is 0 Å². The summed E-state index contributed by atoms with van der Waals surface area (Å²) in [5.74, 6) is 0.958. The topological polar surface area (TPSA) is 69.4 Å². The van der Waals surface area contributed by atoms with Crippen molar-refractivity contribution in [3.8, 4) is 11.5 Å². The highest BCUT2D eigenvalue weighted by atomic mass is 19.3. The molecule has 0 aliphatic carbocycles. The quantitative estimate of drug-likeness (QED) is 0.935. The molecule has 3 rings (SSSR count). The van der Waals surface area contributed by atoms with Crippen LogP contribution in [0.3, 0.4) is 0 Å². The van der Waals surface area contributed by atoms with Crippen LogP contribution in [0.2, 0.25) is 0 Å². The monoisotopic (exact) mass is 297 g/mol. The van der Waals surface area contributed by atoms with E-state index < -0.39 is 6.29 Å². The molecule has 0 radical (unpaired) electrons. The van der Waals surface area contributed by atoms with E-state index in [9.17, 15) is 8.78 Å². The van der Waals surface area contributed by atoms with Gasteiger partial charge in [-0.15, -0.1) is 19.0 Å². The van der Waals surface area contributed by atoms with Crippen LogP contribution < -0.4 is 14.8 Å². The molecule has 1 atom stereocenters. The van der Waals surface area contributed by atoms with Crippen LogP contribution in [0.1, 0.15) is 31.7 Å². The van der Waals surface area contributed by atoms with E-state index in [-0.39, 0.29) is 17.5 Å². The molecular weight excluding hydrogens is 284 g/mol. The lowest BCUT2D eigenvalue weighted by molar-refractivity contribution is -0.286. The zero-order chi connectivity index (χ0) is 15.0. The Morgan fingerprint density at radius 2 is 2.00 bits per heavy atom. The normalized spacial score (nSPS) is 16.8. The molecule has 1 aromatic heterocycles. The van der Waals surface area contributed by atoms with Gasteiger partial charge in [0, 0.05) is 18.2 Å². The minimum atomic E-state index is -3.62. The molecule has 112 valence electrons. The first kappa shape index (κ1) is 13.6. The molecular formula is C13H13F2N3O3. The number of hydrogen-bond donors (Lipinski definition) is 1. The Balaban J connectivity index is 1.74. The van der Waals surface area contributed by atoms with Crippen LogP contribution in [0, 0.1) is 0 Å². The number of ether oxygens (including phenoxy) is 2. The van der Waals surface area contributed by atoms with Gasteiger partial charge >= 0.3 is 6.29 Å². The third-order valence-electron chi connectivity index (χ3n) is 2.94. The number of rotatable bonds is 4. The fourth-order valence-electron chi connectivity index (χ4n) is 1.93. The number of benzene rings is 1. The van der Waals surface area contributed by atoms with Crippen LogP contribution in [0.15, 0.2) is 22.6 Å². The summed E-state index contributed by atoms with van der Waals surface area (Å²) in [6, 6.07) is 4.19. The number of hydrogen-bond acceptors (Lipinski definition) is 6. The van der Waals surface area contributed by atoms with Gasteiger partial charge in [-0.05, 0) is 19.1 Å². The average molecular weight is 297 g/mol. The van der Waals surface area contributed by atoms with Gasteiger partial charge in [0.2, 0.25) is 11.8 Å². The Morgan fingerprint density at radius 3 is 2.71 bits per heavy atom. The molecule has 0 saturated carbocycles. The van der Waals surface area contributed by atoms with Gasteiger partial charge in [-0.2, -0.15) is 0 Å². The second-order valence-corrected chi connectivity index (χ2v) is 4.58. The zero-order valence-corrected chi connectivity index (χ0v) is 11.4. The number of alkyl halides is 2. The minimum absolute atomic E-state index is 0.00395. The van der Waals surface area contributed by atoms with Gasteiger partial charge in [-0.1, -0.05) is 6.92 Å². The first-order valence-electron chi connectivity index (χ1n) is 6.45. The molecule has 1 N–H and O–H groups in total. The third kappa shape index (κ3) is 2.74. The SMILES string of the molecule is CCc1nnc([C@@H](C)Nc2ccc3c(c2)OC(F)(F)O3)o1. The highest BCUT2D eigenvalue weighted by Gasteiger charge is 2.43. The predicted octanol–water partition coefficient (Wildman–Crippen LogP) is 3.13. The fourth-order valence-corrected chi connectivity index (χ4v) is 1.93. The van der Waals surface area contributed by atoms with E-state index in [1.807, 2.05) is 13.8 Å². The molecule has 0 saturated heterocycles. The van der Waals surface area contributed by atoms with Gasteiger partial charge in [0.1, 0.15) is 6.04 Å². The lowest BCUT2D eigenvalue weighted by atomic mass is 10.2. The molecule has 1 aliphatic rings. The number of nitrogens with zero attached hydrogens (tertiary/aromatic N) is 2. The number of fused-ring (bicyclic) bond motifs is 1. The Kier molecular flexibility index (Phi) is 3.15. The molecule has 1 aliphatic heterocycles.